The van der Waals surface area contributed by atoms with Crippen molar-refractivity contribution in [2.75, 3.05) is 0 Å². The maximum absolute atomic E-state index is 11.0. The Kier molecular flexibility index (Phi) is 3.87. The van der Waals surface area contributed by atoms with Crippen molar-refractivity contribution >= 4 is 23.2 Å². The lowest BCUT2D eigenvalue weighted by Gasteiger charge is -1.97. The minimum absolute atomic E-state index is 0.404. The number of nitrogens with one attached hydrogen (secondary N) is 1. The number of hydrogen-bond donors (Lipinski definition) is 2. The molecule has 0 unspecified atom stereocenters. The van der Waals surface area contributed by atoms with Crippen LogP contribution in [-0.2, 0) is 16.1 Å². The Hall–Kier alpha value is -1.62. The Morgan fingerprint density at radius 3 is 2.86 bits per heavy atom. The largest absolute Gasteiger partial charge is 0.478 e. The van der Waals surface area contributed by atoms with E-state index in [2.05, 4.69) is 5.32 Å². The van der Waals surface area contributed by atoms with Gasteiger partial charge in [-0.3, -0.25) is 4.79 Å². The quantitative estimate of drug-likeness (QED) is 0.730. The zero-order valence-corrected chi connectivity index (χ0v) is 8.08. The van der Waals surface area contributed by atoms with Crippen LogP contribution in [0, 0.1) is 0 Å². The number of hydrogen-bond acceptors (Lipinski definition) is 3. The molecule has 1 heterocycles. The van der Waals surface area contributed by atoms with Crippen molar-refractivity contribution in [1.82, 2.24) is 5.32 Å². The van der Waals surface area contributed by atoms with Gasteiger partial charge in [-0.2, -0.15) is 11.3 Å². The second kappa shape index (κ2) is 5.18. The van der Waals surface area contributed by atoms with Gasteiger partial charge in [-0.25, -0.2) is 4.79 Å². The highest BCUT2D eigenvalue weighted by Gasteiger charge is 1.97. The van der Waals surface area contributed by atoms with Gasteiger partial charge in [-0.05, 0) is 22.4 Å². The Morgan fingerprint density at radius 1 is 1.50 bits per heavy atom. The summed E-state index contributed by atoms with van der Waals surface area (Å²) < 4.78 is 0. The van der Waals surface area contributed by atoms with Crippen LogP contribution in [0.1, 0.15) is 5.56 Å². The minimum atomic E-state index is -1.13. The van der Waals surface area contributed by atoms with Crippen LogP contribution in [-0.4, -0.2) is 17.0 Å². The molecule has 74 valence electrons. The van der Waals surface area contributed by atoms with Gasteiger partial charge in [0.2, 0.25) is 5.91 Å². The van der Waals surface area contributed by atoms with E-state index in [1.807, 2.05) is 16.8 Å². The average molecular weight is 211 g/mol. The van der Waals surface area contributed by atoms with Crippen molar-refractivity contribution in [2.24, 2.45) is 0 Å². The fraction of sp³-hybridized carbons (Fsp3) is 0.111. The van der Waals surface area contributed by atoms with Crippen LogP contribution in [0.4, 0.5) is 0 Å². The highest BCUT2D eigenvalue weighted by atomic mass is 32.1. The molecule has 0 aliphatic rings. The lowest BCUT2D eigenvalue weighted by molar-refractivity contribution is -0.131. The summed E-state index contributed by atoms with van der Waals surface area (Å²) in [7, 11) is 0. The topological polar surface area (TPSA) is 66.4 Å². The predicted octanol–water partition coefficient (Wildman–Crippen LogP) is 1.01. The third kappa shape index (κ3) is 3.86. The SMILES string of the molecule is O=C(O)C=CC(=O)NCc1ccsc1. The zero-order valence-electron chi connectivity index (χ0n) is 7.27. The van der Waals surface area contributed by atoms with E-state index in [0.717, 1.165) is 17.7 Å². The third-order valence-corrected chi connectivity index (χ3v) is 2.16. The van der Waals surface area contributed by atoms with Crippen molar-refractivity contribution in [3.05, 3.63) is 34.5 Å². The Labute approximate surface area is 84.9 Å². The standard InChI is InChI=1S/C9H9NO3S/c11-8(1-2-9(12)13)10-5-7-3-4-14-6-7/h1-4,6H,5H2,(H,10,11)(H,12,13). The smallest absolute Gasteiger partial charge is 0.328 e. The van der Waals surface area contributed by atoms with E-state index in [0.29, 0.717) is 6.54 Å². The molecule has 0 saturated heterocycles. The molecule has 5 heteroatoms. The van der Waals surface area contributed by atoms with Crippen LogP contribution in [0.2, 0.25) is 0 Å². The highest BCUT2D eigenvalue weighted by Crippen LogP contribution is 2.04. The van der Waals surface area contributed by atoms with Gasteiger partial charge in [-0.1, -0.05) is 0 Å². The second-order valence-electron chi connectivity index (χ2n) is 2.52. The molecule has 0 atom stereocenters. The van der Waals surface area contributed by atoms with Gasteiger partial charge in [0.05, 0.1) is 0 Å². The molecule has 0 saturated carbocycles. The van der Waals surface area contributed by atoms with Gasteiger partial charge in [0.25, 0.3) is 0 Å². The van der Waals surface area contributed by atoms with Crippen molar-refractivity contribution in [3.8, 4) is 0 Å². The molecule has 1 aromatic rings. The first-order valence-electron chi connectivity index (χ1n) is 3.88. The Morgan fingerprint density at radius 2 is 2.29 bits per heavy atom. The monoisotopic (exact) mass is 211 g/mol. The van der Waals surface area contributed by atoms with Crippen LogP contribution >= 0.6 is 11.3 Å². The van der Waals surface area contributed by atoms with E-state index in [4.69, 9.17) is 5.11 Å². The van der Waals surface area contributed by atoms with E-state index in [9.17, 15) is 9.59 Å². The molecule has 14 heavy (non-hydrogen) atoms. The number of carbonyl (C=O) groups is 2. The van der Waals surface area contributed by atoms with Gasteiger partial charge >= 0.3 is 5.97 Å². The molecule has 0 bridgehead atoms. The minimum Gasteiger partial charge on any atom is -0.478 e. The van der Waals surface area contributed by atoms with E-state index in [-0.39, 0.29) is 0 Å². The Bertz CT molecular complexity index is 343. The van der Waals surface area contributed by atoms with E-state index < -0.39 is 11.9 Å². The molecule has 1 rings (SSSR count). The fourth-order valence-electron chi connectivity index (χ4n) is 0.788. The highest BCUT2D eigenvalue weighted by molar-refractivity contribution is 7.07. The number of carboxylic acids is 1. The van der Waals surface area contributed by atoms with Crippen molar-refractivity contribution in [1.29, 1.82) is 0 Å². The van der Waals surface area contributed by atoms with Crippen LogP contribution in [0.15, 0.2) is 29.0 Å². The van der Waals surface area contributed by atoms with Gasteiger partial charge in [0.15, 0.2) is 0 Å². The van der Waals surface area contributed by atoms with Gasteiger partial charge in [0, 0.05) is 18.7 Å². The first-order valence-corrected chi connectivity index (χ1v) is 4.82. The maximum atomic E-state index is 11.0. The summed E-state index contributed by atoms with van der Waals surface area (Å²) in [6.07, 6.45) is 1.80. The fourth-order valence-corrected chi connectivity index (χ4v) is 1.46. The number of carbonyl (C=O) groups excluding carboxylic acids is 1. The maximum Gasteiger partial charge on any atom is 0.328 e. The van der Waals surface area contributed by atoms with Crippen LogP contribution in [0.5, 0.6) is 0 Å². The predicted molar refractivity (Wildman–Crippen MR) is 52.9 cm³/mol. The van der Waals surface area contributed by atoms with Crippen molar-refractivity contribution in [2.45, 2.75) is 6.54 Å². The molecule has 0 fully saturated rings. The Balaban J connectivity index is 2.32. The van der Waals surface area contributed by atoms with E-state index in [1.54, 1.807) is 11.3 Å². The van der Waals surface area contributed by atoms with Gasteiger partial charge < -0.3 is 10.4 Å². The number of amides is 1. The lowest BCUT2D eigenvalue weighted by Crippen LogP contribution is -2.20. The normalized spacial score (nSPS) is 10.3. The molecule has 0 aliphatic carbocycles. The number of carboxylic acid groups (broad SMARTS) is 1. The first kappa shape index (κ1) is 10.5. The molecule has 0 radical (unpaired) electrons. The van der Waals surface area contributed by atoms with Crippen LogP contribution in [0.25, 0.3) is 0 Å². The summed E-state index contributed by atoms with van der Waals surface area (Å²) in [6.45, 7) is 0.423. The first-order chi connectivity index (χ1) is 6.68. The number of aliphatic carboxylic acids is 1. The summed E-state index contributed by atoms with van der Waals surface area (Å²) in [5, 5.41) is 14.6. The molecule has 0 spiro atoms. The van der Waals surface area contributed by atoms with Gasteiger partial charge in [-0.15, -0.1) is 0 Å². The summed E-state index contributed by atoms with van der Waals surface area (Å²) in [5.74, 6) is -1.53. The zero-order chi connectivity index (χ0) is 10.4. The molecule has 1 amide bonds. The molecule has 2 N–H and O–H groups in total. The average Bonchev–Trinajstić information content (AvgIpc) is 2.63. The van der Waals surface area contributed by atoms with Crippen molar-refractivity contribution in [3.63, 3.8) is 0 Å². The second-order valence-corrected chi connectivity index (χ2v) is 3.30. The van der Waals surface area contributed by atoms with Crippen molar-refractivity contribution < 1.29 is 14.7 Å². The summed E-state index contributed by atoms with van der Waals surface area (Å²) in [5.41, 5.74) is 1.01. The summed E-state index contributed by atoms with van der Waals surface area (Å²) in [4.78, 5) is 21.1. The van der Waals surface area contributed by atoms with Crippen LogP contribution < -0.4 is 5.32 Å². The van der Waals surface area contributed by atoms with Crippen LogP contribution in [0.3, 0.4) is 0 Å². The molecular weight excluding hydrogens is 202 g/mol. The molecule has 1 aromatic heterocycles. The lowest BCUT2D eigenvalue weighted by atomic mass is 10.3. The third-order valence-electron chi connectivity index (χ3n) is 1.42. The number of rotatable bonds is 4. The summed E-state index contributed by atoms with van der Waals surface area (Å²) in [6, 6.07) is 1.89. The van der Waals surface area contributed by atoms with E-state index in [1.165, 1.54) is 0 Å². The molecule has 0 aromatic carbocycles. The van der Waals surface area contributed by atoms with E-state index >= 15 is 0 Å². The molecule has 0 aliphatic heterocycles. The molecule has 4 nitrogen and oxygen atoms in total. The number of thiophene rings is 1. The van der Waals surface area contributed by atoms with Gasteiger partial charge in [0.1, 0.15) is 0 Å². The summed E-state index contributed by atoms with van der Waals surface area (Å²) >= 11 is 1.55. The molecular formula is C9H9NO3S.